The highest BCUT2D eigenvalue weighted by molar-refractivity contribution is 7.15. The van der Waals surface area contributed by atoms with Gasteiger partial charge in [0.1, 0.15) is 12.3 Å². The summed E-state index contributed by atoms with van der Waals surface area (Å²) < 4.78 is 12.7. The van der Waals surface area contributed by atoms with E-state index in [1.807, 2.05) is 17.2 Å². The van der Waals surface area contributed by atoms with Crippen LogP contribution in [0.4, 0.5) is 0 Å². The Hall–Kier alpha value is -2.42. The van der Waals surface area contributed by atoms with Gasteiger partial charge in [-0.2, -0.15) is 0 Å². The van der Waals surface area contributed by atoms with Gasteiger partial charge in [-0.05, 0) is 70.1 Å². The molecule has 1 atom stereocenters. The number of likely N-dealkylation sites (tertiary alicyclic amines) is 1. The van der Waals surface area contributed by atoms with Crippen molar-refractivity contribution in [1.29, 1.82) is 0 Å². The highest BCUT2D eigenvalue weighted by Crippen LogP contribution is 2.40. The Morgan fingerprint density at radius 3 is 2.88 bits per heavy atom. The maximum absolute atomic E-state index is 13.2. The maximum atomic E-state index is 13.2. The van der Waals surface area contributed by atoms with Gasteiger partial charge < -0.3 is 19.3 Å². The molecular weight excluding hydrogens is 466 g/mol. The molecule has 2 aliphatic rings. The molecule has 8 heteroatoms. The average molecular weight is 498 g/mol. The van der Waals surface area contributed by atoms with Gasteiger partial charge in [-0.15, -0.1) is 22.7 Å². The van der Waals surface area contributed by atoms with Crippen LogP contribution in [-0.4, -0.2) is 60.6 Å². The van der Waals surface area contributed by atoms with E-state index in [1.54, 1.807) is 11.3 Å². The molecule has 180 valence electrons. The van der Waals surface area contributed by atoms with Crippen molar-refractivity contribution >= 4 is 28.6 Å². The number of piperidine rings is 1. The molecular formula is C26H31N3O3S2. The molecule has 34 heavy (non-hydrogen) atoms. The van der Waals surface area contributed by atoms with Gasteiger partial charge >= 0.3 is 0 Å². The number of hydrogen-bond donors (Lipinski definition) is 0. The fourth-order valence-electron chi connectivity index (χ4n) is 4.74. The second-order valence-electron chi connectivity index (χ2n) is 9.28. The predicted molar refractivity (Wildman–Crippen MR) is 137 cm³/mol. The molecule has 0 bridgehead atoms. The van der Waals surface area contributed by atoms with Crippen molar-refractivity contribution in [2.45, 2.75) is 33.2 Å². The number of hydrogen-bond acceptors (Lipinski definition) is 7. The molecule has 0 aliphatic carbocycles. The molecule has 2 aliphatic heterocycles. The van der Waals surface area contributed by atoms with Gasteiger partial charge in [-0.25, -0.2) is 4.98 Å². The molecule has 6 nitrogen and oxygen atoms in total. The Morgan fingerprint density at radius 1 is 1.26 bits per heavy atom. The maximum Gasteiger partial charge on any atom is 0.273 e. The summed E-state index contributed by atoms with van der Waals surface area (Å²) in [5.74, 6) is 2.02. The van der Waals surface area contributed by atoms with Crippen LogP contribution in [0.2, 0.25) is 0 Å². The molecule has 4 heterocycles. The van der Waals surface area contributed by atoms with Crippen molar-refractivity contribution in [2.75, 3.05) is 39.9 Å². The fourth-order valence-corrected chi connectivity index (χ4v) is 6.18. The second kappa shape index (κ2) is 10.1. The molecule has 1 unspecified atom stereocenters. The van der Waals surface area contributed by atoms with Crippen LogP contribution in [0.3, 0.4) is 0 Å². The van der Waals surface area contributed by atoms with Gasteiger partial charge in [0.25, 0.3) is 5.91 Å². The first-order valence-corrected chi connectivity index (χ1v) is 13.5. The van der Waals surface area contributed by atoms with Crippen LogP contribution in [0.15, 0.2) is 29.6 Å². The first-order chi connectivity index (χ1) is 16.5. The monoisotopic (exact) mass is 497 g/mol. The Morgan fingerprint density at radius 2 is 2.15 bits per heavy atom. The molecule has 1 saturated heterocycles. The Kier molecular flexibility index (Phi) is 6.90. The third-order valence-electron chi connectivity index (χ3n) is 6.45. The normalized spacial score (nSPS) is 18.8. The highest BCUT2D eigenvalue weighted by Gasteiger charge is 2.26. The zero-order valence-corrected chi connectivity index (χ0v) is 21.6. The fraction of sp³-hybridized carbons (Fsp3) is 0.462. The number of aromatic nitrogens is 1. The Bertz CT molecular complexity index is 1170. The summed E-state index contributed by atoms with van der Waals surface area (Å²) >= 11 is 3.27. The highest BCUT2D eigenvalue weighted by atomic mass is 32.1. The standard InChI is InChI=1S/C26H31N3O3S2/c1-17-6-7-24(34-17)20-11-21-14-29(26(30)22-16-33-18(2)27-22)9-10-31-25(21)23(12-20)32-15-19-5-4-8-28(3)13-19/h6-7,11-12,16,19H,4-5,8-10,13-15H2,1-3H3. The van der Waals surface area contributed by atoms with E-state index >= 15 is 0 Å². The number of thiazole rings is 1. The van der Waals surface area contributed by atoms with Crippen molar-refractivity contribution < 1.29 is 14.3 Å². The molecule has 1 fully saturated rings. The van der Waals surface area contributed by atoms with Crippen molar-refractivity contribution in [3.63, 3.8) is 0 Å². The van der Waals surface area contributed by atoms with Gasteiger partial charge in [-0.3, -0.25) is 4.79 Å². The lowest BCUT2D eigenvalue weighted by Gasteiger charge is -2.29. The third-order valence-corrected chi connectivity index (χ3v) is 8.27. The summed E-state index contributed by atoms with van der Waals surface area (Å²) in [5.41, 5.74) is 2.60. The van der Waals surface area contributed by atoms with E-state index in [9.17, 15) is 4.79 Å². The van der Waals surface area contributed by atoms with Crippen LogP contribution in [0.25, 0.3) is 10.4 Å². The lowest BCUT2D eigenvalue weighted by atomic mass is 9.99. The number of carbonyl (C=O) groups is 1. The molecule has 2 aromatic heterocycles. The van der Waals surface area contributed by atoms with E-state index in [0.29, 0.717) is 37.9 Å². The van der Waals surface area contributed by atoms with E-state index in [2.05, 4.69) is 48.1 Å². The number of nitrogens with zero attached hydrogens (tertiary/aromatic N) is 3. The van der Waals surface area contributed by atoms with E-state index in [0.717, 1.165) is 40.7 Å². The first-order valence-electron chi connectivity index (χ1n) is 11.9. The number of carbonyl (C=O) groups excluding carboxylic acids is 1. The summed E-state index contributed by atoms with van der Waals surface area (Å²) in [7, 11) is 2.18. The summed E-state index contributed by atoms with van der Waals surface area (Å²) in [4.78, 5) is 24.2. The van der Waals surface area contributed by atoms with E-state index in [1.165, 1.54) is 33.9 Å². The summed E-state index contributed by atoms with van der Waals surface area (Å²) in [6, 6.07) is 8.55. The molecule has 5 rings (SSSR count). The lowest BCUT2D eigenvalue weighted by Crippen LogP contribution is -2.34. The second-order valence-corrected chi connectivity index (χ2v) is 11.6. The van der Waals surface area contributed by atoms with Gasteiger partial charge in [-0.1, -0.05) is 0 Å². The number of aryl methyl sites for hydroxylation is 2. The largest absolute Gasteiger partial charge is 0.489 e. The molecule has 1 amide bonds. The number of fused-ring (bicyclic) bond motifs is 1. The molecule has 1 aromatic carbocycles. The minimum absolute atomic E-state index is 0.0501. The quantitative estimate of drug-likeness (QED) is 0.482. The first kappa shape index (κ1) is 23.3. The molecule has 0 radical (unpaired) electrons. The topological polar surface area (TPSA) is 54.9 Å². The van der Waals surface area contributed by atoms with Crippen molar-refractivity contribution in [2.24, 2.45) is 5.92 Å². The molecule has 3 aromatic rings. The predicted octanol–water partition coefficient (Wildman–Crippen LogP) is 5.24. The minimum Gasteiger partial charge on any atom is -0.489 e. The van der Waals surface area contributed by atoms with Crippen LogP contribution in [0.1, 0.15) is 38.8 Å². The van der Waals surface area contributed by atoms with Gasteiger partial charge in [0.15, 0.2) is 11.5 Å². The van der Waals surface area contributed by atoms with Crippen molar-refractivity contribution in [3.8, 4) is 21.9 Å². The SMILES string of the molecule is Cc1ccc(-c2cc3c(c(OCC4CCCN(C)C4)c2)OCCN(C(=O)c2csc(C)n2)C3)s1. The van der Waals surface area contributed by atoms with Crippen LogP contribution in [-0.2, 0) is 6.54 Å². The van der Waals surface area contributed by atoms with Crippen LogP contribution in [0.5, 0.6) is 11.5 Å². The molecule has 0 spiro atoms. The third kappa shape index (κ3) is 5.14. The van der Waals surface area contributed by atoms with Gasteiger partial charge in [0.05, 0.1) is 18.2 Å². The van der Waals surface area contributed by atoms with E-state index in [4.69, 9.17) is 9.47 Å². The zero-order chi connectivity index (χ0) is 23.7. The van der Waals surface area contributed by atoms with Crippen molar-refractivity contribution in [3.05, 3.63) is 50.8 Å². The molecule has 0 saturated carbocycles. The summed E-state index contributed by atoms with van der Waals surface area (Å²) in [5, 5.41) is 2.74. The lowest BCUT2D eigenvalue weighted by molar-refractivity contribution is 0.0727. The van der Waals surface area contributed by atoms with Gasteiger partial charge in [0.2, 0.25) is 0 Å². The minimum atomic E-state index is -0.0501. The van der Waals surface area contributed by atoms with E-state index in [-0.39, 0.29) is 5.91 Å². The number of amides is 1. The van der Waals surface area contributed by atoms with Crippen LogP contribution in [0, 0.1) is 19.8 Å². The smallest absolute Gasteiger partial charge is 0.273 e. The number of rotatable bonds is 5. The Labute approximate surface area is 209 Å². The number of benzene rings is 1. The van der Waals surface area contributed by atoms with Gasteiger partial charge in [0, 0.05) is 39.7 Å². The Balaban J connectivity index is 1.45. The van der Waals surface area contributed by atoms with Crippen LogP contribution < -0.4 is 9.47 Å². The molecule has 0 N–H and O–H groups in total. The van der Waals surface area contributed by atoms with Crippen LogP contribution >= 0.6 is 22.7 Å². The number of thiophene rings is 1. The average Bonchev–Trinajstić information content (AvgIpc) is 3.39. The summed E-state index contributed by atoms with van der Waals surface area (Å²) in [6.07, 6.45) is 2.40. The zero-order valence-electron chi connectivity index (χ0n) is 20.0. The van der Waals surface area contributed by atoms with Crippen molar-refractivity contribution in [1.82, 2.24) is 14.8 Å². The number of ether oxygens (including phenoxy) is 2. The summed E-state index contributed by atoms with van der Waals surface area (Å²) in [6.45, 7) is 8.36. The van der Waals surface area contributed by atoms with E-state index < -0.39 is 0 Å².